The third-order valence-electron chi connectivity index (χ3n) is 3.55. The van der Waals surface area contributed by atoms with E-state index in [1.165, 1.54) is 0 Å². The molecule has 0 atom stereocenters. The maximum Gasteiger partial charge on any atom is 0.344 e. The number of carbonyl (C=O) groups is 2. The van der Waals surface area contributed by atoms with Crippen LogP contribution >= 0.6 is 11.6 Å². The van der Waals surface area contributed by atoms with E-state index in [0.717, 1.165) is 23.2 Å². The van der Waals surface area contributed by atoms with Crippen molar-refractivity contribution >= 4 is 29.2 Å². The van der Waals surface area contributed by atoms with Crippen LogP contribution in [0.5, 0.6) is 5.75 Å². The Bertz CT molecular complexity index is 761. The van der Waals surface area contributed by atoms with Gasteiger partial charge in [-0.05, 0) is 36.6 Å². The number of aryl methyl sites for hydroxylation is 2. The SMILES string of the molecule is CCc1cccc(C)c1NC(=O)COC(=O)COc1ccccc1Cl. The van der Waals surface area contributed by atoms with Crippen LogP contribution in [0, 0.1) is 6.92 Å². The molecule has 0 radical (unpaired) electrons. The monoisotopic (exact) mass is 361 g/mol. The minimum Gasteiger partial charge on any atom is -0.480 e. The quantitative estimate of drug-likeness (QED) is 0.762. The van der Waals surface area contributed by atoms with Gasteiger partial charge in [-0.3, -0.25) is 4.79 Å². The van der Waals surface area contributed by atoms with Gasteiger partial charge >= 0.3 is 5.97 Å². The molecule has 2 aromatic carbocycles. The maximum absolute atomic E-state index is 12.0. The highest BCUT2D eigenvalue weighted by molar-refractivity contribution is 6.32. The molecule has 0 unspecified atom stereocenters. The molecule has 2 rings (SSSR count). The van der Waals surface area contributed by atoms with Crippen LogP contribution in [-0.2, 0) is 20.7 Å². The summed E-state index contributed by atoms with van der Waals surface area (Å²) in [6.45, 7) is 3.23. The summed E-state index contributed by atoms with van der Waals surface area (Å²) in [5.74, 6) is -0.649. The van der Waals surface area contributed by atoms with E-state index in [0.29, 0.717) is 10.8 Å². The normalized spacial score (nSPS) is 10.2. The van der Waals surface area contributed by atoms with Crippen molar-refractivity contribution in [1.29, 1.82) is 0 Å². The smallest absolute Gasteiger partial charge is 0.344 e. The Kier molecular flexibility index (Phi) is 6.83. The highest BCUT2D eigenvalue weighted by Crippen LogP contribution is 2.23. The van der Waals surface area contributed by atoms with Gasteiger partial charge in [0.25, 0.3) is 5.91 Å². The molecule has 5 nitrogen and oxygen atoms in total. The highest BCUT2D eigenvalue weighted by Gasteiger charge is 2.12. The fraction of sp³-hybridized carbons (Fsp3) is 0.263. The van der Waals surface area contributed by atoms with Crippen molar-refractivity contribution in [2.75, 3.05) is 18.5 Å². The van der Waals surface area contributed by atoms with Crippen LogP contribution in [0.3, 0.4) is 0 Å². The molecule has 6 heteroatoms. The number of halogens is 1. The topological polar surface area (TPSA) is 64.6 Å². The number of hydrogen-bond acceptors (Lipinski definition) is 4. The third kappa shape index (κ3) is 5.50. The van der Waals surface area contributed by atoms with Crippen LogP contribution in [0.25, 0.3) is 0 Å². The van der Waals surface area contributed by atoms with Gasteiger partial charge in [0.2, 0.25) is 0 Å². The number of hydrogen-bond donors (Lipinski definition) is 1. The van der Waals surface area contributed by atoms with E-state index in [2.05, 4.69) is 5.32 Å². The molecular weight excluding hydrogens is 342 g/mol. The van der Waals surface area contributed by atoms with Gasteiger partial charge in [0, 0.05) is 5.69 Å². The minimum atomic E-state index is -0.643. The van der Waals surface area contributed by atoms with Crippen molar-refractivity contribution in [3.05, 3.63) is 58.6 Å². The largest absolute Gasteiger partial charge is 0.480 e. The van der Waals surface area contributed by atoms with E-state index in [4.69, 9.17) is 21.1 Å². The Hall–Kier alpha value is -2.53. The van der Waals surface area contributed by atoms with E-state index in [1.54, 1.807) is 24.3 Å². The van der Waals surface area contributed by atoms with E-state index in [-0.39, 0.29) is 13.2 Å². The van der Waals surface area contributed by atoms with Gasteiger partial charge < -0.3 is 14.8 Å². The molecule has 1 N–H and O–H groups in total. The maximum atomic E-state index is 12.0. The van der Waals surface area contributed by atoms with E-state index >= 15 is 0 Å². The second kappa shape index (κ2) is 9.08. The number of nitrogens with one attached hydrogen (secondary N) is 1. The molecule has 1 amide bonds. The molecular formula is C19H20ClNO4. The van der Waals surface area contributed by atoms with Crippen LogP contribution in [0.15, 0.2) is 42.5 Å². The number of para-hydroxylation sites is 2. The molecule has 0 spiro atoms. The zero-order chi connectivity index (χ0) is 18.2. The summed E-state index contributed by atoms with van der Waals surface area (Å²) in [7, 11) is 0. The average molecular weight is 362 g/mol. The first kappa shape index (κ1) is 18.8. The third-order valence-corrected chi connectivity index (χ3v) is 3.86. The predicted octanol–water partition coefficient (Wildman–Crippen LogP) is 3.77. The summed E-state index contributed by atoms with van der Waals surface area (Å²) in [5.41, 5.74) is 2.75. The lowest BCUT2D eigenvalue weighted by atomic mass is 10.1. The Balaban J connectivity index is 1.82. The van der Waals surface area contributed by atoms with Crippen molar-refractivity contribution in [3.8, 4) is 5.75 Å². The first-order valence-corrected chi connectivity index (χ1v) is 8.30. The fourth-order valence-electron chi connectivity index (χ4n) is 2.26. The fourth-order valence-corrected chi connectivity index (χ4v) is 2.45. The molecule has 0 saturated heterocycles. The summed E-state index contributed by atoms with van der Waals surface area (Å²) < 4.78 is 10.2. The summed E-state index contributed by atoms with van der Waals surface area (Å²) in [6.07, 6.45) is 0.794. The standard InChI is InChI=1S/C19H20ClNO4/c1-3-14-8-6-7-13(2)19(14)21-17(22)11-25-18(23)12-24-16-10-5-4-9-15(16)20/h4-10H,3,11-12H2,1-2H3,(H,21,22). The number of ether oxygens (including phenoxy) is 2. The zero-order valence-electron chi connectivity index (χ0n) is 14.2. The summed E-state index contributed by atoms with van der Waals surface area (Å²) >= 11 is 5.93. The molecule has 0 aliphatic heterocycles. The van der Waals surface area contributed by atoms with Crippen LogP contribution in [-0.4, -0.2) is 25.1 Å². The first-order valence-electron chi connectivity index (χ1n) is 7.92. The Morgan fingerprint density at radius 2 is 1.84 bits per heavy atom. The molecule has 0 heterocycles. The molecule has 0 fully saturated rings. The highest BCUT2D eigenvalue weighted by atomic mass is 35.5. The Morgan fingerprint density at radius 1 is 1.08 bits per heavy atom. The number of benzene rings is 2. The van der Waals surface area contributed by atoms with Crippen LogP contribution < -0.4 is 10.1 Å². The van der Waals surface area contributed by atoms with Gasteiger partial charge in [0.1, 0.15) is 5.75 Å². The molecule has 0 aromatic heterocycles. The first-order chi connectivity index (χ1) is 12.0. The summed E-state index contributed by atoms with van der Waals surface area (Å²) in [5, 5.41) is 3.19. The average Bonchev–Trinajstić information content (AvgIpc) is 2.61. The Labute approximate surface area is 151 Å². The van der Waals surface area contributed by atoms with Gasteiger partial charge in [0.05, 0.1) is 5.02 Å². The number of esters is 1. The Morgan fingerprint density at radius 3 is 2.56 bits per heavy atom. The number of anilines is 1. The second-order valence-electron chi connectivity index (χ2n) is 5.39. The lowest BCUT2D eigenvalue weighted by Gasteiger charge is -2.13. The molecule has 25 heavy (non-hydrogen) atoms. The van der Waals surface area contributed by atoms with Crippen molar-refractivity contribution in [2.24, 2.45) is 0 Å². The summed E-state index contributed by atoms with van der Waals surface area (Å²) in [6, 6.07) is 12.6. The number of rotatable bonds is 7. The van der Waals surface area contributed by atoms with Crippen molar-refractivity contribution in [1.82, 2.24) is 0 Å². The molecule has 0 saturated carbocycles. The van der Waals surface area contributed by atoms with E-state index in [9.17, 15) is 9.59 Å². The molecule has 2 aromatic rings. The predicted molar refractivity (Wildman–Crippen MR) is 97.1 cm³/mol. The van der Waals surface area contributed by atoms with E-state index < -0.39 is 11.9 Å². The van der Waals surface area contributed by atoms with Gasteiger partial charge in [-0.1, -0.05) is 48.9 Å². The molecule has 132 valence electrons. The molecule has 0 bridgehead atoms. The summed E-state index contributed by atoms with van der Waals surface area (Å²) in [4.78, 5) is 23.7. The van der Waals surface area contributed by atoms with Gasteiger partial charge in [0.15, 0.2) is 13.2 Å². The van der Waals surface area contributed by atoms with Gasteiger partial charge in [-0.15, -0.1) is 0 Å². The van der Waals surface area contributed by atoms with Crippen LogP contribution in [0.4, 0.5) is 5.69 Å². The van der Waals surface area contributed by atoms with Gasteiger partial charge in [-0.25, -0.2) is 4.79 Å². The number of carbonyl (C=O) groups excluding carboxylic acids is 2. The second-order valence-corrected chi connectivity index (χ2v) is 5.80. The molecule has 0 aliphatic rings. The number of amides is 1. The minimum absolute atomic E-state index is 0.318. The van der Waals surface area contributed by atoms with Gasteiger partial charge in [-0.2, -0.15) is 0 Å². The van der Waals surface area contributed by atoms with Crippen LogP contribution in [0.1, 0.15) is 18.1 Å². The van der Waals surface area contributed by atoms with Crippen LogP contribution in [0.2, 0.25) is 5.02 Å². The van der Waals surface area contributed by atoms with E-state index in [1.807, 2.05) is 32.0 Å². The van der Waals surface area contributed by atoms with Crippen molar-refractivity contribution in [3.63, 3.8) is 0 Å². The molecule has 0 aliphatic carbocycles. The lowest BCUT2D eigenvalue weighted by Crippen LogP contribution is -2.24. The zero-order valence-corrected chi connectivity index (χ0v) is 14.9. The van der Waals surface area contributed by atoms with Crippen molar-refractivity contribution < 1.29 is 19.1 Å². The van der Waals surface area contributed by atoms with Crippen molar-refractivity contribution in [2.45, 2.75) is 20.3 Å². The lowest BCUT2D eigenvalue weighted by molar-refractivity contribution is -0.149.